The smallest absolute Gasteiger partial charge is 0.225 e. The van der Waals surface area contributed by atoms with E-state index >= 15 is 0 Å². The predicted octanol–water partition coefficient (Wildman–Crippen LogP) is 1.75. The number of hydrogen-bond donors (Lipinski definition) is 1. The van der Waals surface area contributed by atoms with Crippen molar-refractivity contribution in [2.75, 3.05) is 33.3 Å². The Kier molecular flexibility index (Phi) is 6.21. The summed E-state index contributed by atoms with van der Waals surface area (Å²) in [7, 11) is 1.65. The highest BCUT2D eigenvalue weighted by atomic mass is 19.2. The lowest BCUT2D eigenvalue weighted by molar-refractivity contribution is -0.140. The molecule has 3 rings (SSSR count). The first-order valence-electron chi connectivity index (χ1n) is 9.21. The van der Waals surface area contributed by atoms with Crippen LogP contribution in [0.2, 0.25) is 0 Å². The average molecular weight is 367 g/mol. The van der Waals surface area contributed by atoms with Crippen LogP contribution in [0.3, 0.4) is 0 Å². The van der Waals surface area contributed by atoms with Gasteiger partial charge in [0.1, 0.15) is 0 Å². The quantitative estimate of drug-likeness (QED) is 0.881. The molecule has 1 aliphatic carbocycles. The molecule has 0 bridgehead atoms. The zero-order chi connectivity index (χ0) is 18.7. The van der Waals surface area contributed by atoms with Crippen LogP contribution in [-0.2, 0) is 16.1 Å². The first kappa shape index (κ1) is 19.2. The van der Waals surface area contributed by atoms with E-state index in [0.29, 0.717) is 26.1 Å². The molecular weight excluding hydrogens is 340 g/mol. The standard InChI is InChI=1S/C19H27F2N3O2/c1-26-18-11-14(3-5-17(18)22)19(25)24-8-6-23(7-9-24)12-13-2-4-15(20)16(21)10-13/h2,4,10,14,17-18H,3,5-9,11-12,22H2,1H3/t14-,17+,18+/m0/s1. The van der Waals surface area contributed by atoms with Crippen LogP contribution in [0.15, 0.2) is 18.2 Å². The molecule has 1 saturated heterocycles. The minimum Gasteiger partial charge on any atom is -0.380 e. The molecule has 1 amide bonds. The number of ether oxygens (including phenoxy) is 1. The summed E-state index contributed by atoms with van der Waals surface area (Å²) in [5, 5.41) is 0. The molecular formula is C19H27F2N3O2. The van der Waals surface area contributed by atoms with Gasteiger partial charge in [-0.25, -0.2) is 8.78 Å². The molecule has 5 nitrogen and oxygen atoms in total. The first-order chi connectivity index (χ1) is 12.5. The molecule has 3 atom stereocenters. The average Bonchev–Trinajstić information content (AvgIpc) is 2.65. The SMILES string of the molecule is CO[C@@H]1C[C@@H](C(=O)N2CCN(Cc3ccc(F)c(F)c3)CC2)CC[C@H]1N. The van der Waals surface area contributed by atoms with Crippen molar-refractivity contribution in [2.24, 2.45) is 11.7 Å². The van der Waals surface area contributed by atoms with Crippen LogP contribution in [0.1, 0.15) is 24.8 Å². The number of carbonyl (C=O) groups is 1. The van der Waals surface area contributed by atoms with E-state index in [9.17, 15) is 13.6 Å². The lowest BCUT2D eigenvalue weighted by Gasteiger charge is -2.39. The summed E-state index contributed by atoms with van der Waals surface area (Å²) in [4.78, 5) is 16.9. The largest absolute Gasteiger partial charge is 0.380 e. The third kappa shape index (κ3) is 4.39. The molecule has 1 saturated carbocycles. The molecule has 1 aromatic carbocycles. The van der Waals surface area contributed by atoms with E-state index in [1.165, 1.54) is 6.07 Å². The van der Waals surface area contributed by atoms with Crippen molar-refractivity contribution in [1.29, 1.82) is 0 Å². The van der Waals surface area contributed by atoms with Gasteiger partial charge >= 0.3 is 0 Å². The summed E-state index contributed by atoms with van der Waals surface area (Å²) >= 11 is 0. The van der Waals surface area contributed by atoms with E-state index in [2.05, 4.69) is 4.90 Å². The van der Waals surface area contributed by atoms with Crippen molar-refractivity contribution in [2.45, 2.75) is 38.0 Å². The van der Waals surface area contributed by atoms with Gasteiger partial charge in [-0.2, -0.15) is 0 Å². The van der Waals surface area contributed by atoms with Crippen molar-refractivity contribution in [3.8, 4) is 0 Å². The topological polar surface area (TPSA) is 58.8 Å². The number of carbonyl (C=O) groups excluding carboxylic acids is 1. The van der Waals surface area contributed by atoms with Gasteiger partial charge in [0.25, 0.3) is 0 Å². The summed E-state index contributed by atoms with van der Waals surface area (Å²) in [6.07, 6.45) is 2.26. The lowest BCUT2D eigenvalue weighted by atomic mass is 9.83. The van der Waals surface area contributed by atoms with E-state index in [1.54, 1.807) is 13.2 Å². The molecule has 0 unspecified atom stereocenters. The number of nitrogens with zero attached hydrogens (tertiary/aromatic N) is 2. The second-order valence-corrected chi connectivity index (χ2v) is 7.30. The fourth-order valence-corrected chi connectivity index (χ4v) is 3.93. The molecule has 2 N–H and O–H groups in total. The molecule has 26 heavy (non-hydrogen) atoms. The number of benzene rings is 1. The van der Waals surface area contributed by atoms with Crippen LogP contribution in [0.4, 0.5) is 8.78 Å². The maximum atomic E-state index is 13.3. The third-order valence-corrected chi connectivity index (χ3v) is 5.57. The van der Waals surface area contributed by atoms with Crippen LogP contribution < -0.4 is 5.73 Å². The van der Waals surface area contributed by atoms with Gasteiger partial charge in [0, 0.05) is 51.8 Å². The zero-order valence-electron chi connectivity index (χ0n) is 15.2. The highest BCUT2D eigenvalue weighted by Gasteiger charge is 2.35. The Balaban J connectivity index is 1.50. The Bertz CT molecular complexity index is 635. The van der Waals surface area contributed by atoms with E-state index < -0.39 is 11.6 Å². The minimum atomic E-state index is -0.828. The number of methoxy groups -OCH3 is 1. The Morgan fingerprint density at radius 2 is 1.92 bits per heavy atom. The van der Waals surface area contributed by atoms with Crippen LogP contribution in [0.25, 0.3) is 0 Å². The Labute approximate surface area is 153 Å². The third-order valence-electron chi connectivity index (χ3n) is 5.57. The fraction of sp³-hybridized carbons (Fsp3) is 0.632. The molecule has 0 aromatic heterocycles. The van der Waals surface area contributed by atoms with Gasteiger partial charge in [-0.15, -0.1) is 0 Å². The van der Waals surface area contributed by atoms with Gasteiger partial charge in [0.2, 0.25) is 5.91 Å². The molecule has 7 heteroatoms. The van der Waals surface area contributed by atoms with Gasteiger partial charge in [0.05, 0.1) is 6.10 Å². The summed E-state index contributed by atoms with van der Waals surface area (Å²) in [6, 6.07) is 4.01. The van der Waals surface area contributed by atoms with Crippen LogP contribution >= 0.6 is 0 Å². The highest BCUT2D eigenvalue weighted by molar-refractivity contribution is 5.79. The molecule has 2 aliphatic rings. The molecule has 1 heterocycles. The van der Waals surface area contributed by atoms with Crippen molar-refractivity contribution >= 4 is 5.91 Å². The van der Waals surface area contributed by atoms with Gasteiger partial charge in [-0.1, -0.05) is 6.07 Å². The van der Waals surface area contributed by atoms with Crippen LogP contribution in [0.5, 0.6) is 0 Å². The van der Waals surface area contributed by atoms with Crippen molar-refractivity contribution in [3.05, 3.63) is 35.4 Å². The number of piperazine rings is 1. The summed E-state index contributed by atoms with van der Waals surface area (Å²) in [5.74, 6) is -1.48. The van der Waals surface area contributed by atoms with Gasteiger partial charge in [-0.05, 0) is 37.0 Å². The number of hydrogen-bond acceptors (Lipinski definition) is 4. The van der Waals surface area contributed by atoms with Gasteiger partial charge in [0.15, 0.2) is 11.6 Å². The molecule has 0 radical (unpaired) electrons. The Hall–Kier alpha value is -1.57. The highest BCUT2D eigenvalue weighted by Crippen LogP contribution is 2.27. The van der Waals surface area contributed by atoms with Gasteiger partial charge in [-0.3, -0.25) is 9.69 Å². The second-order valence-electron chi connectivity index (χ2n) is 7.30. The molecule has 0 spiro atoms. The Morgan fingerprint density at radius 3 is 2.58 bits per heavy atom. The van der Waals surface area contributed by atoms with Gasteiger partial charge < -0.3 is 15.4 Å². The fourth-order valence-electron chi connectivity index (χ4n) is 3.93. The van der Waals surface area contributed by atoms with Crippen LogP contribution in [-0.4, -0.2) is 61.1 Å². The van der Waals surface area contributed by atoms with Crippen molar-refractivity contribution in [3.63, 3.8) is 0 Å². The molecule has 2 fully saturated rings. The van der Waals surface area contributed by atoms with E-state index in [4.69, 9.17) is 10.5 Å². The second kappa shape index (κ2) is 8.41. The molecule has 1 aromatic rings. The maximum Gasteiger partial charge on any atom is 0.225 e. The molecule has 144 valence electrons. The van der Waals surface area contributed by atoms with Crippen molar-refractivity contribution in [1.82, 2.24) is 9.80 Å². The van der Waals surface area contributed by atoms with E-state index in [-0.39, 0.29) is 24.0 Å². The van der Waals surface area contributed by atoms with E-state index in [0.717, 1.165) is 37.6 Å². The Morgan fingerprint density at radius 1 is 1.19 bits per heavy atom. The lowest BCUT2D eigenvalue weighted by Crippen LogP contribution is -2.52. The molecule has 1 aliphatic heterocycles. The summed E-state index contributed by atoms with van der Waals surface area (Å²) in [6.45, 7) is 3.32. The summed E-state index contributed by atoms with van der Waals surface area (Å²) in [5.41, 5.74) is 6.78. The monoisotopic (exact) mass is 367 g/mol. The number of amides is 1. The van der Waals surface area contributed by atoms with Crippen molar-refractivity contribution < 1.29 is 18.3 Å². The van der Waals surface area contributed by atoms with E-state index in [1.807, 2.05) is 4.90 Å². The minimum absolute atomic E-state index is 0.0111. The number of nitrogens with two attached hydrogens (primary N) is 1. The normalized spacial score (nSPS) is 27.5. The van der Waals surface area contributed by atoms with Crippen LogP contribution in [0, 0.1) is 17.6 Å². The number of halogens is 2. The predicted molar refractivity (Wildman–Crippen MR) is 94.3 cm³/mol. The number of rotatable bonds is 4. The first-order valence-corrected chi connectivity index (χ1v) is 9.21. The zero-order valence-corrected chi connectivity index (χ0v) is 15.2. The maximum absolute atomic E-state index is 13.3. The summed E-state index contributed by atoms with van der Waals surface area (Å²) < 4.78 is 31.8.